The summed E-state index contributed by atoms with van der Waals surface area (Å²) in [4.78, 5) is 0. The second-order valence-electron chi connectivity index (χ2n) is 5.07. The molecule has 0 atom stereocenters. The van der Waals surface area contributed by atoms with Crippen molar-refractivity contribution in [1.29, 1.82) is 0 Å². The molecule has 3 rings (SSSR count). The van der Waals surface area contributed by atoms with Gasteiger partial charge in [0.25, 0.3) is 0 Å². The van der Waals surface area contributed by atoms with Crippen LogP contribution >= 0.6 is 0 Å². The van der Waals surface area contributed by atoms with Crippen molar-refractivity contribution in [1.82, 2.24) is 0 Å². The van der Waals surface area contributed by atoms with Gasteiger partial charge in [-0.3, -0.25) is 0 Å². The molecule has 0 heteroatoms. The molecule has 56 valence electrons. The first-order valence-corrected chi connectivity index (χ1v) is 4.77. The molecule has 3 saturated carbocycles. The van der Waals surface area contributed by atoms with Gasteiger partial charge in [0.1, 0.15) is 0 Å². The fourth-order valence-corrected chi connectivity index (χ4v) is 3.67. The summed E-state index contributed by atoms with van der Waals surface area (Å²) in [6.45, 7) is 2.42. The molecule has 3 aliphatic carbocycles. The van der Waals surface area contributed by atoms with Crippen LogP contribution in [-0.4, -0.2) is 0 Å². The normalized spacial score (nSPS) is 54.3. The lowest BCUT2D eigenvalue weighted by atomic mass is 9.44. The second kappa shape index (κ2) is 1.31. The molecule has 0 bridgehead atoms. The van der Waals surface area contributed by atoms with Gasteiger partial charge in [-0.2, -0.15) is 0 Å². The Morgan fingerprint density at radius 1 is 0.900 bits per heavy atom. The highest BCUT2D eigenvalue weighted by molar-refractivity contribution is 5.18. The molecule has 0 amide bonds. The number of rotatable bonds is 0. The molecule has 0 unspecified atom stereocenters. The third-order valence-electron chi connectivity index (χ3n) is 4.54. The summed E-state index contributed by atoms with van der Waals surface area (Å²) in [6, 6.07) is 0. The minimum atomic E-state index is 0.923. The van der Waals surface area contributed by atoms with Gasteiger partial charge in [-0.1, -0.05) is 6.92 Å². The third kappa shape index (κ3) is 0.408. The van der Waals surface area contributed by atoms with E-state index in [0.29, 0.717) is 0 Å². The van der Waals surface area contributed by atoms with E-state index in [-0.39, 0.29) is 0 Å². The van der Waals surface area contributed by atoms with Gasteiger partial charge in [-0.05, 0) is 55.3 Å². The van der Waals surface area contributed by atoms with Crippen molar-refractivity contribution in [2.75, 3.05) is 0 Å². The lowest BCUT2D eigenvalue weighted by molar-refractivity contribution is -0.103. The van der Waals surface area contributed by atoms with E-state index in [9.17, 15) is 0 Å². The number of hydrogen-bond acceptors (Lipinski definition) is 0. The third-order valence-corrected chi connectivity index (χ3v) is 4.54. The van der Waals surface area contributed by atoms with Crippen molar-refractivity contribution in [3.8, 4) is 0 Å². The number of fused-ring (bicyclic) bond motifs is 1. The first kappa shape index (κ1) is 5.62. The van der Waals surface area contributed by atoms with Crippen LogP contribution in [0.3, 0.4) is 0 Å². The Morgan fingerprint density at radius 3 is 1.70 bits per heavy atom. The van der Waals surface area contributed by atoms with Crippen LogP contribution in [0.5, 0.6) is 0 Å². The fraction of sp³-hybridized carbons (Fsp3) is 1.00. The zero-order valence-corrected chi connectivity index (χ0v) is 6.82. The van der Waals surface area contributed by atoms with Gasteiger partial charge in [0.15, 0.2) is 0 Å². The standard InChI is InChI=1S/C10H16/c1-8-6-10(7-8)5-4-9(10)2-3-9/h8H,2-7H2,1H3. The van der Waals surface area contributed by atoms with Gasteiger partial charge in [-0.15, -0.1) is 0 Å². The first-order valence-electron chi connectivity index (χ1n) is 4.77. The van der Waals surface area contributed by atoms with Crippen LogP contribution in [0.4, 0.5) is 0 Å². The Balaban J connectivity index is 1.82. The molecule has 0 saturated heterocycles. The SMILES string of the molecule is CC1CC2(CCC23CC3)C1. The van der Waals surface area contributed by atoms with Crippen molar-refractivity contribution >= 4 is 0 Å². The van der Waals surface area contributed by atoms with Crippen molar-refractivity contribution in [3.05, 3.63) is 0 Å². The molecular weight excluding hydrogens is 120 g/mol. The van der Waals surface area contributed by atoms with Crippen LogP contribution in [0, 0.1) is 16.7 Å². The molecule has 0 aromatic heterocycles. The predicted octanol–water partition coefficient (Wildman–Crippen LogP) is 2.98. The molecule has 2 spiro atoms. The van der Waals surface area contributed by atoms with E-state index >= 15 is 0 Å². The maximum atomic E-state index is 2.42. The molecule has 3 fully saturated rings. The second-order valence-corrected chi connectivity index (χ2v) is 5.07. The minimum Gasteiger partial charge on any atom is -0.0625 e. The Bertz CT molecular complexity index is 170. The molecule has 0 N–H and O–H groups in total. The molecule has 0 aliphatic heterocycles. The lowest BCUT2D eigenvalue weighted by Crippen LogP contribution is -2.50. The number of hydrogen-bond donors (Lipinski definition) is 0. The molecule has 10 heavy (non-hydrogen) atoms. The van der Waals surface area contributed by atoms with E-state index in [1.807, 2.05) is 0 Å². The maximum Gasteiger partial charge on any atom is -0.0236 e. The average molecular weight is 136 g/mol. The van der Waals surface area contributed by atoms with Gasteiger partial charge >= 0.3 is 0 Å². The van der Waals surface area contributed by atoms with Crippen molar-refractivity contribution in [2.24, 2.45) is 16.7 Å². The molecule has 3 aliphatic rings. The van der Waals surface area contributed by atoms with E-state index in [0.717, 1.165) is 16.7 Å². The zero-order chi connectivity index (χ0) is 6.82. The van der Waals surface area contributed by atoms with Crippen molar-refractivity contribution in [2.45, 2.75) is 45.4 Å². The average Bonchev–Trinajstić information content (AvgIpc) is 2.57. The molecular formula is C10H16. The smallest absolute Gasteiger partial charge is 0.0236 e. The summed E-state index contributed by atoms with van der Waals surface area (Å²) >= 11 is 0. The Kier molecular flexibility index (Phi) is 0.735. The molecule has 0 heterocycles. The highest BCUT2D eigenvalue weighted by Crippen LogP contribution is 2.78. The van der Waals surface area contributed by atoms with Crippen molar-refractivity contribution in [3.63, 3.8) is 0 Å². The maximum absolute atomic E-state index is 2.42. The van der Waals surface area contributed by atoms with Gasteiger partial charge in [0.05, 0.1) is 0 Å². The van der Waals surface area contributed by atoms with Crippen LogP contribution < -0.4 is 0 Å². The van der Waals surface area contributed by atoms with Gasteiger partial charge in [0.2, 0.25) is 0 Å². The lowest BCUT2D eigenvalue weighted by Gasteiger charge is -2.60. The van der Waals surface area contributed by atoms with Gasteiger partial charge in [-0.25, -0.2) is 0 Å². The molecule has 0 aromatic carbocycles. The summed E-state index contributed by atoms with van der Waals surface area (Å²) < 4.78 is 0. The van der Waals surface area contributed by atoms with Crippen LogP contribution in [-0.2, 0) is 0 Å². The van der Waals surface area contributed by atoms with E-state index < -0.39 is 0 Å². The Hall–Kier alpha value is 0. The van der Waals surface area contributed by atoms with Crippen LogP contribution in [0.25, 0.3) is 0 Å². The van der Waals surface area contributed by atoms with Crippen LogP contribution in [0.2, 0.25) is 0 Å². The monoisotopic (exact) mass is 136 g/mol. The summed E-state index contributed by atoms with van der Waals surface area (Å²) in [5.74, 6) is 1.07. The summed E-state index contributed by atoms with van der Waals surface area (Å²) in [5.41, 5.74) is 1.87. The van der Waals surface area contributed by atoms with E-state index in [4.69, 9.17) is 0 Å². The quantitative estimate of drug-likeness (QED) is 0.480. The summed E-state index contributed by atoms with van der Waals surface area (Å²) in [7, 11) is 0. The minimum absolute atomic E-state index is 0.923. The topological polar surface area (TPSA) is 0 Å². The zero-order valence-electron chi connectivity index (χ0n) is 6.82. The summed E-state index contributed by atoms with van der Waals surface area (Å²) in [5, 5.41) is 0. The Labute approximate surface area is 63.0 Å². The molecule has 0 nitrogen and oxygen atoms in total. The molecule has 0 aromatic rings. The first-order chi connectivity index (χ1) is 4.77. The largest absolute Gasteiger partial charge is 0.0625 e. The highest BCUT2D eigenvalue weighted by atomic mass is 14.7. The van der Waals surface area contributed by atoms with Gasteiger partial charge < -0.3 is 0 Å². The van der Waals surface area contributed by atoms with E-state index in [1.165, 1.54) is 0 Å². The Morgan fingerprint density at radius 2 is 1.40 bits per heavy atom. The fourth-order valence-electron chi connectivity index (χ4n) is 3.67. The predicted molar refractivity (Wildman–Crippen MR) is 41.7 cm³/mol. The van der Waals surface area contributed by atoms with Crippen LogP contribution in [0.15, 0.2) is 0 Å². The van der Waals surface area contributed by atoms with Crippen molar-refractivity contribution < 1.29 is 0 Å². The van der Waals surface area contributed by atoms with Crippen LogP contribution in [0.1, 0.15) is 45.4 Å². The van der Waals surface area contributed by atoms with Gasteiger partial charge in [0, 0.05) is 0 Å². The van der Waals surface area contributed by atoms with E-state index in [2.05, 4.69) is 6.92 Å². The molecule has 0 radical (unpaired) electrons. The summed E-state index contributed by atoms with van der Waals surface area (Å²) in [6.07, 6.45) is 9.48. The highest BCUT2D eigenvalue weighted by Gasteiger charge is 2.68. The van der Waals surface area contributed by atoms with E-state index in [1.54, 1.807) is 38.5 Å².